The van der Waals surface area contributed by atoms with Crippen molar-refractivity contribution < 1.29 is 24.0 Å². The monoisotopic (exact) mass is 191 g/mol. The highest BCUT2D eigenvalue weighted by Crippen LogP contribution is 2.39. The summed E-state index contributed by atoms with van der Waals surface area (Å²) in [6.45, 7) is 0. The van der Waals surface area contributed by atoms with Crippen LogP contribution in [0.4, 0.5) is 0 Å². The minimum atomic E-state index is -4.64. The second-order valence-corrected chi connectivity index (χ2v) is 3.07. The van der Waals surface area contributed by atoms with Gasteiger partial charge in [-0.15, -0.1) is 0 Å². The zero-order valence-electron chi connectivity index (χ0n) is 5.78. The maximum Gasteiger partial charge on any atom is 0.526 e. The average Bonchev–Trinajstić information content (AvgIpc) is 1.91. The van der Waals surface area contributed by atoms with Crippen LogP contribution < -0.4 is 4.52 Å². The smallest absolute Gasteiger partial charge is 0.503 e. The van der Waals surface area contributed by atoms with Gasteiger partial charge in [0.2, 0.25) is 0 Å². The summed E-state index contributed by atoms with van der Waals surface area (Å²) in [7, 11) is -4.64. The molecule has 1 heterocycles. The van der Waals surface area contributed by atoms with E-state index in [4.69, 9.17) is 14.9 Å². The molecule has 7 heteroatoms. The van der Waals surface area contributed by atoms with Crippen molar-refractivity contribution in [1.82, 2.24) is 4.98 Å². The molecule has 6 nitrogen and oxygen atoms in total. The first kappa shape index (κ1) is 8.99. The van der Waals surface area contributed by atoms with Gasteiger partial charge in [0.05, 0.1) is 0 Å². The molecule has 0 radical (unpaired) electrons. The summed E-state index contributed by atoms with van der Waals surface area (Å²) < 4.78 is 14.3. The average molecular weight is 191 g/mol. The van der Waals surface area contributed by atoms with Gasteiger partial charge in [0.25, 0.3) is 5.88 Å². The number of phosphoric ester groups is 1. The Morgan fingerprint density at radius 1 is 1.50 bits per heavy atom. The van der Waals surface area contributed by atoms with Gasteiger partial charge in [0, 0.05) is 6.20 Å². The highest BCUT2D eigenvalue weighted by molar-refractivity contribution is 7.46. The first-order valence-corrected chi connectivity index (χ1v) is 4.41. The van der Waals surface area contributed by atoms with E-state index in [0.717, 1.165) is 0 Å². The van der Waals surface area contributed by atoms with E-state index < -0.39 is 19.5 Å². The van der Waals surface area contributed by atoms with Crippen molar-refractivity contribution >= 4 is 7.82 Å². The van der Waals surface area contributed by atoms with Crippen molar-refractivity contribution in [2.75, 3.05) is 0 Å². The highest BCUT2D eigenvalue weighted by atomic mass is 31.2. The fourth-order valence-corrected chi connectivity index (χ4v) is 0.931. The third kappa shape index (κ3) is 2.50. The largest absolute Gasteiger partial charge is 0.526 e. The molecule has 0 aliphatic carbocycles. The van der Waals surface area contributed by atoms with Crippen LogP contribution in [-0.4, -0.2) is 19.9 Å². The summed E-state index contributed by atoms with van der Waals surface area (Å²) >= 11 is 0. The zero-order valence-corrected chi connectivity index (χ0v) is 6.68. The molecule has 0 aliphatic heterocycles. The number of aromatic hydroxyl groups is 1. The molecule has 0 atom stereocenters. The van der Waals surface area contributed by atoms with Gasteiger partial charge in [-0.2, -0.15) is 0 Å². The molecule has 0 spiro atoms. The lowest BCUT2D eigenvalue weighted by atomic mass is 10.4. The summed E-state index contributed by atoms with van der Waals surface area (Å²) in [6, 6.07) is 2.61. The van der Waals surface area contributed by atoms with Crippen LogP contribution in [0.3, 0.4) is 0 Å². The third-order valence-corrected chi connectivity index (χ3v) is 1.37. The molecule has 0 aliphatic rings. The molecule has 66 valence electrons. The van der Waals surface area contributed by atoms with Crippen LogP contribution in [0.25, 0.3) is 0 Å². The van der Waals surface area contributed by atoms with Gasteiger partial charge in [-0.25, -0.2) is 9.55 Å². The van der Waals surface area contributed by atoms with Gasteiger partial charge in [-0.05, 0) is 12.1 Å². The van der Waals surface area contributed by atoms with Gasteiger partial charge >= 0.3 is 7.82 Å². The SMILES string of the molecule is O=P(O)(O)Oc1ncccc1O. The van der Waals surface area contributed by atoms with Crippen LogP contribution >= 0.6 is 7.82 Å². The van der Waals surface area contributed by atoms with Crippen LogP contribution in [0.1, 0.15) is 0 Å². The van der Waals surface area contributed by atoms with Gasteiger partial charge < -0.3 is 9.63 Å². The lowest BCUT2D eigenvalue weighted by Gasteiger charge is -2.05. The molecule has 3 N–H and O–H groups in total. The summed E-state index contributed by atoms with van der Waals surface area (Å²) in [6.07, 6.45) is 1.24. The Kier molecular flexibility index (Phi) is 2.32. The standard InChI is InChI=1S/C5H6NO5P/c7-4-2-1-3-6-5(4)11-12(8,9)10/h1-3,7H,(H2,8,9,10). The first-order chi connectivity index (χ1) is 5.49. The molecule has 0 saturated carbocycles. The lowest BCUT2D eigenvalue weighted by Crippen LogP contribution is -1.92. The van der Waals surface area contributed by atoms with Crippen LogP contribution in [0.5, 0.6) is 11.6 Å². The molecule has 0 fully saturated rings. The van der Waals surface area contributed by atoms with E-state index in [0.29, 0.717) is 0 Å². The lowest BCUT2D eigenvalue weighted by molar-refractivity contribution is 0.273. The number of nitrogens with zero attached hydrogens (tertiary/aromatic N) is 1. The van der Waals surface area contributed by atoms with E-state index >= 15 is 0 Å². The Bertz CT molecular complexity index is 321. The number of rotatable bonds is 2. The van der Waals surface area contributed by atoms with Crippen molar-refractivity contribution in [2.45, 2.75) is 0 Å². The van der Waals surface area contributed by atoms with Gasteiger partial charge in [-0.3, -0.25) is 9.79 Å². The van der Waals surface area contributed by atoms with Crippen LogP contribution in [0, 0.1) is 0 Å². The second-order valence-electron chi connectivity index (χ2n) is 1.91. The van der Waals surface area contributed by atoms with Crippen LogP contribution in [-0.2, 0) is 4.57 Å². The predicted octanol–water partition coefficient (Wildman–Crippen LogP) is 0.259. The molecule has 1 aromatic rings. The van der Waals surface area contributed by atoms with E-state index in [-0.39, 0.29) is 0 Å². The Morgan fingerprint density at radius 3 is 2.67 bits per heavy atom. The Labute approximate surface area is 67.7 Å². The molecule has 1 rings (SSSR count). The molecule has 0 aromatic carbocycles. The molecule has 0 amide bonds. The normalized spacial score (nSPS) is 11.2. The molecular weight excluding hydrogens is 185 g/mol. The minimum absolute atomic E-state index is 0.416. The van der Waals surface area contributed by atoms with Crippen molar-refractivity contribution in [3.8, 4) is 11.6 Å². The number of hydrogen-bond donors (Lipinski definition) is 3. The van der Waals surface area contributed by atoms with Crippen molar-refractivity contribution in [1.29, 1.82) is 0 Å². The maximum absolute atomic E-state index is 10.3. The highest BCUT2D eigenvalue weighted by Gasteiger charge is 2.18. The second kappa shape index (κ2) is 3.10. The summed E-state index contributed by atoms with van der Waals surface area (Å²) in [5.41, 5.74) is 0. The van der Waals surface area contributed by atoms with E-state index in [2.05, 4.69) is 9.51 Å². The Balaban J connectivity index is 2.90. The first-order valence-electron chi connectivity index (χ1n) is 2.88. The number of pyridine rings is 1. The molecular formula is C5H6NO5P. The van der Waals surface area contributed by atoms with E-state index in [9.17, 15) is 4.57 Å². The molecule has 12 heavy (non-hydrogen) atoms. The van der Waals surface area contributed by atoms with E-state index in [1.165, 1.54) is 18.3 Å². The predicted molar refractivity (Wildman–Crippen MR) is 38.6 cm³/mol. The van der Waals surface area contributed by atoms with E-state index in [1.807, 2.05) is 0 Å². The number of phosphoric acid groups is 1. The third-order valence-electron chi connectivity index (χ3n) is 0.956. The molecule has 0 unspecified atom stereocenters. The fourth-order valence-electron chi connectivity index (χ4n) is 0.565. The van der Waals surface area contributed by atoms with Crippen molar-refractivity contribution in [3.05, 3.63) is 18.3 Å². The van der Waals surface area contributed by atoms with Crippen LogP contribution in [0.2, 0.25) is 0 Å². The number of hydrogen-bond acceptors (Lipinski definition) is 4. The number of aromatic nitrogens is 1. The van der Waals surface area contributed by atoms with Gasteiger partial charge in [0.1, 0.15) is 0 Å². The molecule has 0 saturated heterocycles. The van der Waals surface area contributed by atoms with Gasteiger partial charge in [0.15, 0.2) is 5.75 Å². The van der Waals surface area contributed by atoms with Crippen molar-refractivity contribution in [3.63, 3.8) is 0 Å². The van der Waals surface area contributed by atoms with Crippen LogP contribution in [0.15, 0.2) is 18.3 Å². The summed E-state index contributed by atoms with van der Waals surface area (Å²) in [4.78, 5) is 20.1. The van der Waals surface area contributed by atoms with E-state index in [1.54, 1.807) is 0 Å². The Hall–Kier alpha value is -1.10. The topological polar surface area (TPSA) is 99.9 Å². The zero-order chi connectivity index (χ0) is 9.19. The Morgan fingerprint density at radius 2 is 2.17 bits per heavy atom. The van der Waals surface area contributed by atoms with Crippen molar-refractivity contribution in [2.24, 2.45) is 0 Å². The molecule has 0 bridgehead atoms. The summed E-state index contributed by atoms with van der Waals surface area (Å²) in [5, 5.41) is 8.94. The fraction of sp³-hybridized carbons (Fsp3) is 0. The molecule has 1 aromatic heterocycles. The maximum atomic E-state index is 10.3. The quantitative estimate of drug-likeness (QED) is 0.579. The minimum Gasteiger partial charge on any atom is -0.503 e. The summed E-state index contributed by atoms with van der Waals surface area (Å²) in [5.74, 6) is -0.897. The van der Waals surface area contributed by atoms with Gasteiger partial charge in [-0.1, -0.05) is 0 Å².